The summed E-state index contributed by atoms with van der Waals surface area (Å²) in [5.41, 5.74) is 1.62. The van der Waals surface area contributed by atoms with E-state index >= 15 is 0 Å². The van der Waals surface area contributed by atoms with Gasteiger partial charge in [0.1, 0.15) is 0 Å². The molecule has 0 saturated heterocycles. The van der Waals surface area contributed by atoms with Gasteiger partial charge in [-0.05, 0) is 24.6 Å². The molecule has 0 saturated carbocycles. The zero-order valence-electron chi connectivity index (χ0n) is 6.60. The monoisotopic (exact) mass is 167 g/mol. The minimum Gasteiger partial charge on any atom is -0.505 e. The smallest absolute Gasteiger partial charge is 0.169 e. The predicted octanol–water partition coefficient (Wildman–Crippen LogP) is 1.18. The SMILES string of the molecule is Oc1ccc2c(c1F)CNCC2. The second-order valence-electron chi connectivity index (χ2n) is 2.96. The van der Waals surface area contributed by atoms with Crippen LogP contribution >= 0.6 is 0 Å². The van der Waals surface area contributed by atoms with Crippen molar-refractivity contribution in [1.82, 2.24) is 5.32 Å². The first kappa shape index (κ1) is 7.55. The highest BCUT2D eigenvalue weighted by Crippen LogP contribution is 2.24. The average molecular weight is 167 g/mol. The number of halogens is 1. The Labute approximate surface area is 70.0 Å². The van der Waals surface area contributed by atoms with Gasteiger partial charge in [0, 0.05) is 12.1 Å². The summed E-state index contributed by atoms with van der Waals surface area (Å²) in [6, 6.07) is 3.20. The molecule has 1 aliphatic heterocycles. The number of aromatic hydroxyl groups is 1. The molecule has 0 amide bonds. The van der Waals surface area contributed by atoms with E-state index in [-0.39, 0.29) is 5.75 Å². The van der Waals surface area contributed by atoms with E-state index in [9.17, 15) is 4.39 Å². The number of rotatable bonds is 0. The van der Waals surface area contributed by atoms with Crippen molar-refractivity contribution < 1.29 is 9.50 Å². The maximum Gasteiger partial charge on any atom is 0.169 e. The van der Waals surface area contributed by atoms with Crippen LogP contribution in [0.2, 0.25) is 0 Å². The van der Waals surface area contributed by atoms with Crippen LogP contribution in [0.25, 0.3) is 0 Å². The van der Waals surface area contributed by atoms with Gasteiger partial charge in [0.05, 0.1) is 0 Å². The van der Waals surface area contributed by atoms with Crippen LogP contribution in [0.3, 0.4) is 0 Å². The van der Waals surface area contributed by atoms with E-state index < -0.39 is 5.82 Å². The normalized spacial score (nSPS) is 15.8. The minimum atomic E-state index is -0.472. The third-order valence-electron chi connectivity index (χ3n) is 2.19. The highest BCUT2D eigenvalue weighted by molar-refractivity contribution is 5.38. The first-order chi connectivity index (χ1) is 5.79. The molecule has 0 atom stereocenters. The van der Waals surface area contributed by atoms with Crippen molar-refractivity contribution in [2.75, 3.05) is 6.54 Å². The summed E-state index contributed by atoms with van der Waals surface area (Å²) in [5.74, 6) is -0.725. The lowest BCUT2D eigenvalue weighted by atomic mass is 10.0. The van der Waals surface area contributed by atoms with Crippen molar-refractivity contribution in [1.29, 1.82) is 0 Å². The number of hydrogen-bond donors (Lipinski definition) is 2. The quantitative estimate of drug-likeness (QED) is 0.608. The van der Waals surface area contributed by atoms with Gasteiger partial charge < -0.3 is 10.4 Å². The number of benzene rings is 1. The zero-order chi connectivity index (χ0) is 8.55. The van der Waals surface area contributed by atoms with Crippen molar-refractivity contribution in [3.63, 3.8) is 0 Å². The van der Waals surface area contributed by atoms with E-state index in [4.69, 9.17) is 5.11 Å². The van der Waals surface area contributed by atoms with Gasteiger partial charge in [-0.25, -0.2) is 4.39 Å². The molecular weight excluding hydrogens is 157 g/mol. The van der Waals surface area contributed by atoms with Gasteiger partial charge in [0.2, 0.25) is 0 Å². The topological polar surface area (TPSA) is 32.3 Å². The van der Waals surface area contributed by atoms with E-state index in [2.05, 4.69) is 5.32 Å². The fourth-order valence-electron chi connectivity index (χ4n) is 1.51. The van der Waals surface area contributed by atoms with Crippen LogP contribution in [-0.4, -0.2) is 11.7 Å². The molecule has 2 nitrogen and oxygen atoms in total. The fourth-order valence-corrected chi connectivity index (χ4v) is 1.51. The third-order valence-corrected chi connectivity index (χ3v) is 2.19. The second kappa shape index (κ2) is 2.75. The molecule has 0 spiro atoms. The van der Waals surface area contributed by atoms with Crippen molar-refractivity contribution in [3.8, 4) is 5.75 Å². The number of fused-ring (bicyclic) bond motifs is 1. The third kappa shape index (κ3) is 1.06. The average Bonchev–Trinajstić information content (AvgIpc) is 2.12. The van der Waals surface area contributed by atoms with Crippen molar-refractivity contribution >= 4 is 0 Å². The molecule has 64 valence electrons. The molecule has 2 N–H and O–H groups in total. The van der Waals surface area contributed by atoms with Crippen LogP contribution in [0.15, 0.2) is 12.1 Å². The molecule has 0 aliphatic carbocycles. The van der Waals surface area contributed by atoms with Crippen LogP contribution < -0.4 is 5.32 Å². The van der Waals surface area contributed by atoms with Gasteiger partial charge in [-0.1, -0.05) is 6.07 Å². The Kier molecular flexibility index (Phi) is 1.73. The van der Waals surface area contributed by atoms with E-state index in [0.717, 1.165) is 18.5 Å². The Balaban J connectivity index is 2.54. The lowest BCUT2D eigenvalue weighted by molar-refractivity contribution is 0.423. The van der Waals surface area contributed by atoms with Crippen LogP contribution in [0.5, 0.6) is 5.75 Å². The standard InChI is InChI=1S/C9H10FNO/c10-9-7-5-11-4-3-6(7)1-2-8(9)12/h1-2,11-12H,3-5H2. The Morgan fingerprint density at radius 1 is 1.42 bits per heavy atom. The highest BCUT2D eigenvalue weighted by Gasteiger charge is 2.15. The lowest BCUT2D eigenvalue weighted by Gasteiger charge is -2.17. The van der Waals surface area contributed by atoms with Crippen molar-refractivity contribution in [3.05, 3.63) is 29.1 Å². The lowest BCUT2D eigenvalue weighted by Crippen LogP contribution is -2.24. The van der Waals surface area contributed by atoms with Crippen LogP contribution in [-0.2, 0) is 13.0 Å². The number of hydrogen-bond acceptors (Lipinski definition) is 2. The van der Waals surface area contributed by atoms with Gasteiger partial charge in [-0.15, -0.1) is 0 Å². The minimum absolute atomic E-state index is 0.252. The van der Waals surface area contributed by atoms with Gasteiger partial charge in [0.25, 0.3) is 0 Å². The van der Waals surface area contributed by atoms with E-state index in [0.29, 0.717) is 12.1 Å². The maximum atomic E-state index is 13.2. The zero-order valence-corrected chi connectivity index (χ0v) is 6.60. The number of phenolic OH excluding ortho intramolecular Hbond substituents is 1. The van der Waals surface area contributed by atoms with Crippen LogP contribution in [0.4, 0.5) is 4.39 Å². The summed E-state index contributed by atoms with van der Waals surface area (Å²) in [6.07, 6.45) is 0.840. The largest absolute Gasteiger partial charge is 0.505 e. The molecule has 2 rings (SSSR count). The molecule has 0 radical (unpaired) electrons. The summed E-state index contributed by atoms with van der Waals surface area (Å²) in [6.45, 7) is 1.41. The number of nitrogens with one attached hydrogen (secondary N) is 1. The van der Waals surface area contributed by atoms with E-state index in [1.54, 1.807) is 6.07 Å². The summed E-state index contributed by atoms with van der Waals surface area (Å²) < 4.78 is 13.2. The molecule has 3 heteroatoms. The molecule has 0 unspecified atom stereocenters. The summed E-state index contributed by atoms with van der Waals surface area (Å²) >= 11 is 0. The molecule has 0 aromatic heterocycles. The summed E-state index contributed by atoms with van der Waals surface area (Å²) in [7, 11) is 0. The second-order valence-corrected chi connectivity index (χ2v) is 2.96. The van der Waals surface area contributed by atoms with Crippen molar-refractivity contribution in [2.24, 2.45) is 0 Å². The molecule has 1 aromatic carbocycles. The van der Waals surface area contributed by atoms with Gasteiger partial charge in [-0.3, -0.25) is 0 Å². The Bertz CT molecular complexity index is 312. The summed E-state index contributed by atoms with van der Waals surface area (Å²) in [5, 5.41) is 12.1. The first-order valence-corrected chi connectivity index (χ1v) is 3.99. The molecule has 1 aliphatic rings. The Hall–Kier alpha value is -1.09. The van der Waals surface area contributed by atoms with Crippen LogP contribution in [0.1, 0.15) is 11.1 Å². The molecule has 1 heterocycles. The van der Waals surface area contributed by atoms with Crippen LogP contribution in [0, 0.1) is 5.82 Å². The fraction of sp³-hybridized carbons (Fsp3) is 0.333. The predicted molar refractivity (Wildman–Crippen MR) is 43.5 cm³/mol. The van der Waals surface area contributed by atoms with Crippen molar-refractivity contribution in [2.45, 2.75) is 13.0 Å². The maximum absolute atomic E-state index is 13.2. The summed E-state index contributed by atoms with van der Waals surface area (Å²) in [4.78, 5) is 0. The van der Waals surface area contributed by atoms with E-state index in [1.807, 2.05) is 0 Å². The molecule has 0 fully saturated rings. The van der Waals surface area contributed by atoms with Gasteiger partial charge >= 0.3 is 0 Å². The molecule has 0 bridgehead atoms. The van der Waals surface area contributed by atoms with E-state index in [1.165, 1.54) is 6.07 Å². The Morgan fingerprint density at radius 3 is 3.08 bits per heavy atom. The first-order valence-electron chi connectivity index (χ1n) is 3.99. The Morgan fingerprint density at radius 2 is 2.25 bits per heavy atom. The number of phenols is 1. The molecule has 1 aromatic rings. The highest BCUT2D eigenvalue weighted by atomic mass is 19.1. The van der Waals surface area contributed by atoms with Gasteiger partial charge in [0.15, 0.2) is 11.6 Å². The molecular formula is C9H10FNO. The molecule has 12 heavy (non-hydrogen) atoms. The van der Waals surface area contributed by atoms with Gasteiger partial charge in [-0.2, -0.15) is 0 Å².